The molecule has 1 amide bonds. The average molecular weight is 476 g/mol. The molecule has 0 radical (unpaired) electrons. The van der Waals surface area contributed by atoms with Crippen LogP contribution in [0.25, 0.3) is 0 Å². The first-order valence-electron chi connectivity index (χ1n) is 9.41. The largest absolute Gasteiger partial charge is 0.493 e. The molecule has 1 heterocycles. The predicted molar refractivity (Wildman–Crippen MR) is 122 cm³/mol. The lowest BCUT2D eigenvalue weighted by Gasteiger charge is -2.13. The highest BCUT2D eigenvalue weighted by Gasteiger charge is 2.20. The minimum Gasteiger partial charge on any atom is -0.493 e. The van der Waals surface area contributed by atoms with Gasteiger partial charge in [0, 0.05) is 41.6 Å². The molecule has 0 bridgehead atoms. The Bertz CT molecular complexity index is 1120. The second kappa shape index (κ2) is 10.9. The van der Waals surface area contributed by atoms with E-state index in [1.807, 2.05) is 12.3 Å². The first kappa shape index (κ1) is 23.5. The maximum absolute atomic E-state index is 12.7. The van der Waals surface area contributed by atoms with Crippen LogP contribution >= 0.6 is 23.1 Å². The molecule has 3 rings (SSSR count). The average Bonchev–Trinajstić information content (AvgIpc) is 3.18. The van der Waals surface area contributed by atoms with Gasteiger partial charge in [-0.15, -0.1) is 11.3 Å². The van der Waals surface area contributed by atoms with Crippen molar-refractivity contribution in [2.24, 2.45) is 0 Å². The van der Waals surface area contributed by atoms with Crippen LogP contribution in [0.3, 0.4) is 0 Å². The Morgan fingerprint density at radius 1 is 1.19 bits per heavy atom. The minimum absolute atomic E-state index is 0.158. The number of amides is 1. The standard InChI is InChI=1S/C21H21N3O6S2/c1-13-12-31-21(22-13)32-19-7-4-14(10-16(19)24(26)27)20(25)23-15-5-6-17(29-3)18(11-15)30-9-8-28-2/h4-7,10-12H,8-9H2,1-3H3,(H,23,25). The zero-order chi connectivity index (χ0) is 23.1. The Hall–Kier alpha value is -3.15. The summed E-state index contributed by atoms with van der Waals surface area (Å²) in [4.78, 5) is 28.6. The van der Waals surface area contributed by atoms with Crippen molar-refractivity contribution in [3.8, 4) is 11.5 Å². The molecule has 9 nitrogen and oxygen atoms in total. The van der Waals surface area contributed by atoms with E-state index in [1.165, 1.54) is 36.3 Å². The molecule has 3 aromatic rings. The highest BCUT2D eigenvalue weighted by molar-refractivity contribution is 8.01. The monoisotopic (exact) mass is 475 g/mol. The second-order valence-corrected chi connectivity index (χ2v) is 8.60. The summed E-state index contributed by atoms with van der Waals surface area (Å²) in [6.07, 6.45) is 0. The zero-order valence-electron chi connectivity index (χ0n) is 17.6. The third-order valence-corrected chi connectivity index (χ3v) is 6.30. The normalized spacial score (nSPS) is 10.6. The van der Waals surface area contributed by atoms with Crippen molar-refractivity contribution in [3.63, 3.8) is 0 Å². The second-order valence-electron chi connectivity index (χ2n) is 6.46. The van der Waals surface area contributed by atoms with Crippen LogP contribution in [0.15, 0.2) is 51.0 Å². The molecule has 0 aliphatic heterocycles. The van der Waals surface area contributed by atoms with Crippen molar-refractivity contribution < 1.29 is 23.9 Å². The number of carbonyl (C=O) groups excluding carboxylic acids is 1. The number of carbonyl (C=O) groups is 1. The van der Waals surface area contributed by atoms with Gasteiger partial charge in [0.25, 0.3) is 11.6 Å². The van der Waals surface area contributed by atoms with Crippen LogP contribution in [0.1, 0.15) is 16.1 Å². The van der Waals surface area contributed by atoms with Gasteiger partial charge in [0.15, 0.2) is 15.8 Å². The van der Waals surface area contributed by atoms with Crippen molar-refractivity contribution in [1.82, 2.24) is 4.98 Å². The Balaban J connectivity index is 1.79. The van der Waals surface area contributed by atoms with Crippen molar-refractivity contribution in [1.29, 1.82) is 0 Å². The first-order valence-corrected chi connectivity index (χ1v) is 11.1. The van der Waals surface area contributed by atoms with Gasteiger partial charge in [-0.1, -0.05) is 11.8 Å². The Labute approximate surface area is 192 Å². The molecule has 1 aromatic heterocycles. The minimum atomic E-state index is -0.505. The number of rotatable bonds is 10. The molecule has 1 N–H and O–H groups in total. The van der Waals surface area contributed by atoms with Crippen LogP contribution in [-0.4, -0.2) is 43.2 Å². The van der Waals surface area contributed by atoms with E-state index in [0.717, 1.165) is 5.69 Å². The van der Waals surface area contributed by atoms with Crippen LogP contribution in [0.5, 0.6) is 11.5 Å². The maximum atomic E-state index is 12.7. The summed E-state index contributed by atoms with van der Waals surface area (Å²) in [5, 5.41) is 16.2. The molecule has 0 unspecified atom stereocenters. The van der Waals surface area contributed by atoms with Crippen LogP contribution in [0.4, 0.5) is 11.4 Å². The lowest BCUT2D eigenvalue weighted by molar-refractivity contribution is -0.387. The Morgan fingerprint density at radius 3 is 2.66 bits per heavy atom. The topological polar surface area (TPSA) is 113 Å². The lowest BCUT2D eigenvalue weighted by atomic mass is 10.2. The van der Waals surface area contributed by atoms with E-state index in [2.05, 4.69) is 10.3 Å². The summed E-state index contributed by atoms with van der Waals surface area (Å²) < 4.78 is 16.6. The number of nitrogens with one attached hydrogen (secondary N) is 1. The van der Waals surface area contributed by atoms with Crippen molar-refractivity contribution >= 4 is 40.4 Å². The number of hydrogen-bond acceptors (Lipinski definition) is 9. The molecule has 0 saturated heterocycles. The number of aryl methyl sites for hydroxylation is 1. The van der Waals surface area contributed by atoms with Gasteiger partial charge in [0.2, 0.25) is 0 Å². The summed E-state index contributed by atoms with van der Waals surface area (Å²) in [5.74, 6) is 0.468. The van der Waals surface area contributed by atoms with Crippen molar-refractivity contribution in [2.75, 3.05) is 32.8 Å². The summed E-state index contributed by atoms with van der Waals surface area (Å²) in [7, 11) is 3.08. The van der Waals surface area contributed by atoms with Gasteiger partial charge >= 0.3 is 0 Å². The number of nitrogens with zero attached hydrogens (tertiary/aromatic N) is 2. The van der Waals surface area contributed by atoms with Gasteiger partial charge in [-0.05, 0) is 31.2 Å². The molecule has 0 saturated carbocycles. The van der Waals surface area contributed by atoms with Gasteiger partial charge in [-0.25, -0.2) is 4.98 Å². The Morgan fingerprint density at radius 2 is 2.00 bits per heavy atom. The highest BCUT2D eigenvalue weighted by atomic mass is 32.2. The van der Waals surface area contributed by atoms with Gasteiger partial charge in [0.05, 0.1) is 23.5 Å². The summed E-state index contributed by atoms with van der Waals surface area (Å²) in [6, 6.07) is 9.30. The van der Waals surface area contributed by atoms with Gasteiger partial charge in [-0.3, -0.25) is 14.9 Å². The quantitative estimate of drug-likeness (QED) is 0.253. The van der Waals surface area contributed by atoms with E-state index in [4.69, 9.17) is 14.2 Å². The van der Waals surface area contributed by atoms with E-state index >= 15 is 0 Å². The van der Waals surface area contributed by atoms with E-state index in [-0.39, 0.29) is 11.3 Å². The molecule has 0 spiro atoms. The molecule has 0 aliphatic carbocycles. The van der Waals surface area contributed by atoms with Crippen LogP contribution in [0, 0.1) is 17.0 Å². The van der Waals surface area contributed by atoms with Crippen LogP contribution in [0.2, 0.25) is 0 Å². The molecule has 32 heavy (non-hydrogen) atoms. The number of thiazole rings is 1. The fourth-order valence-corrected chi connectivity index (χ4v) is 4.55. The van der Waals surface area contributed by atoms with Gasteiger partial charge in [-0.2, -0.15) is 0 Å². The number of anilines is 1. The fourth-order valence-electron chi connectivity index (χ4n) is 2.67. The number of aromatic nitrogens is 1. The smallest absolute Gasteiger partial charge is 0.284 e. The molecule has 0 aliphatic rings. The lowest BCUT2D eigenvalue weighted by Crippen LogP contribution is -2.13. The molecule has 0 fully saturated rings. The molecule has 11 heteroatoms. The summed E-state index contributed by atoms with van der Waals surface area (Å²) in [6.45, 7) is 2.57. The first-order chi connectivity index (χ1) is 15.4. The SMILES string of the molecule is COCCOc1cc(NC(=O)c2ccc(Sc3nc(C)cs3)c([N+](=O)[O-])c2)ccc1OC. The summed E-state index contributed by atoms with van der Waals surface area (Å²) >= 11 is 2.60. The molecule has 0 atom stereocenters. The fraction of sp³-hybridized carbons (Fsp3) is 0.238. The van der Waals surface area contributed by atoms with Crippen molar-refractivity contribution in [2.45, 2.75) is 16.2 Å². The van der Waals surface area contributed by atoms with E-state index in [1.54, 1.807) is 37.4 Å². The predicted octanol–water partition coefficient (Wildman–Crippen LogP) is 4.80. The summed E-state index contributed by atoms with van der Waals surface area (Å²) in [5.41, 5.74) is 1.31. The van der Waals surface area contributed by atoms with E-state index < -0.39 is 10.8 Å². The van der Waals surface area contributed by atoms with Crippen LogP contribution < -0.4 is 14.8 Å². The van der Waals surface area contributed by atoms with Crippen molar-refractivity contribution in [3.05, 3.63) is 63.1 Å². The molecule has 168 valence electrons. The van der Waals surface area contributed by atoms with Gasteiger partial charge < -0.3 is 19.5 Å². The number of nitro benzene ring substituents is 1. The van der Waals surface area contributed by atoms with E-state index in [0.29, 0.717) is 39.6 Å². The molecular formula is C21H21N3O6S2. The highest BCUT2D eigenvalue weighted by Crippen LogP contribution is 2.37. The van der Waals surface area contributed by atoms with Crippen LogP contribution in [-0.2, 0) is 4.74 Å². The number of methoxy groups -OCH3 is 2. The number of benzene rings is 2. The molecule has 2 aromatic carbocycles. The molecular weight excluding hydrogens is 454 g/mol. The number of nitro groups is 1. The zero-order valence-corrected chi connectivity index (χ0v) is 19.2. The number of ether oxygens (including phenoxy) is 3. The third kappa shape index (κ3) is 5.96. The van der Waals surface area contributed by atoms with Gasteiger partial charge in [0.1, 0.15) is 6.61 Å². The third-order valence-electron chi connectivity index (χ3n) is 4.18. The Kier molecular flexibility index (Phi) is 8.03. The number of hydrogen-bond donors (Lipinski definition) is 1. The van der Waals surface area contributed by atoms with E-state index in [9.17, 15) is 14.9 Å². The maximum Gasteiger partial charge on any atom is 0.284 e.